The van der Waals surface area contributed by atoms with Gasteiger partial charge in [0, 0.05) is 31.2 Å². The van der Waals surface area contributed by atoms with Crippen molar-refractivity contribution in [1.29, 1.82) is 0 Å². The van der Waals surface area contributed by atoms with E-state index in [2.05, 4.69) is 10.4 Å². The Bertz CT molecular complexity index is 1410. The van der Waals surface area contributed by atoms with Crippen LogP contribution < -0.4 is 21.3 Å². The largest absolute Gasteiger partial charge is 0.497 e. The highest BCUT2D eigenvalue weighted by molar-refractivity contribution is 6.30. The normalized spacial score (nSPS) is 15.1. The molecule has 1 amide bonds. The van der Waals surface area contributed by atoms with Gasteiger partial charge in [0.15, 0.2) is 0 Å². The summed E-state index contributed by atoms with van der Waals surface area (Å²) in [5.74, 6) is -0.199. The fraction of sp³-hybridized carbons (Fsp3) is 0.250. The number of anilines is 1. The summed E-state index contributed by atoms with van der Waals surface area (Å²) in [6, 6.07) is 13.5. The van der Waals surface area contributed by atoms with E-state index in [0.29, 0.717) is 16.5 Å². The van der Waals surface area contributed by atoms with Crippen LogP contribution in [0.25, 0.3) is 0 Å². The second kappa shape index (κ2) is 9.67. The monoisotopic (exact) mass is 497 g/mol. The van der Waals surface area contributed by atoms with Gasteiger partial charge in [0.05, 0.1) is 25.4 Å². The van der Waals surface area contributed by atoms with Gasteiger partial charge < -0.3 is 15.2 Å². The summed E-state index contributed by atoms with van der Waals surface area (Å²) in [6.45, 7) is -0.0671. The first-order valence-electron chi connectivity index (χ1n) is 10.7. The predicted octanol–water partition coefficient (Wildman–Crippen LogP) is 2.24. The zero-order valence-corrected chi connectivity index (χ0v) is 20.1. The van der Waals surface area contributed by atoms with Crippen molar-refractivity contribution >= 4 is 28.9 Å². The van der Waals surface area contributed by atoms with Crippen LogP contribution in [0.2, 0.25) is 5.02 Å². The minimum absolute atomic E-state index is 0.0671. The third-order valence-electron chi connectivity index (χ3n) is 5.88. The molecule has 11 heteroatoms. The van der Waals surface area contributed by atoms with Crippen molar-refractivity contribution in [3.05, 3.63) is 85.5 Å². The van der Waals surface area contributed by atoms with Gasteiger partial charge in [-0.05, 0) is 42.0 Å². The highest BCUT2D eigenvalue weighted by atomic mass is 35.5. The van der Waals surface area contributed by atoms with Gasteiger partial charge in [-0.1, -0.05) is 23.7 Å². The average Bonchev–Trinajstić information content (AvgIpc) is 3.31. The van der Waals surface area contributed by atoms with Gasteiger partial charge in [-0.15, -0.1) is 0 Å². The number of amides is 1. The summed E-state index contributed by atoms with van der Waals surface area (Å²) in [5, 5.41) is 19.9. The van der Waals surface area contributed by atoms with Gasteiger partial charge in [-0.2, -0.15) is 5.10 Å². The van der Waals surface area contributed by atoms with Crippen LogP contribution >= 0.6 is 11.6 Å². The van der Waals surface area contributed by atoms with E-state index >= 15 is 0 Å². The maximum atomic E-state index is 13.2. The molecular weight excluding hydrogens is 474 g/mol. The van der Waals surface area contributed by atoms with Gasteiger partial charge >= 0.3 is 5.69 Å². The SMILES string of the molecule is COc1ccc([C@@H]2CC(c3c(O)n(C)c(=O)n(C)c3=O)=NN2C(=O)CNc2ccc(Cl)cc2)cc1. The van der Waals surface area contributed by atoms with Crippen LogP contribution in [0.15, 0.2) is 63.2 Å². The van der Waals surface area contributed by atoms with Crippen LogP contribution in [0.3, 0.4) is 0 Å². The lowest BCUT2D eigenvalue weighted by atomic mass is 9.99. The number of rotatable bonds is 6. The molecule has 1 aliphatic heterocycles. The molecule has 2 aromatic carbocycles. The Balaban J connectivity index is 1.70. The van der Waals surface area contributed by atoms with Gasteiger partial charge in [-0.3, -0.25) is 18.7 Å². The number of hydrogen-bond donors (Lipinski definition) is 2. The highest BCUT2D eigenvalue weighted by Crippen LogP contribution is 2.34. The summed E-state index contributed by atoms with van der Waals surface area (Å²) in [5.41, 5.74) is 0.212. The topological polar surface area (TPSA) is 118 Å². The number of halogens is 1. The molecular formula is C24H24ClN5O5. The molecule has 0 aliphatic carbocycles. The number of hydrazone groups is 1. The molecule has 2 N–H and O–H groups in total. The number of nitrogens with zero attached hydrogens (tertiary/aromatic N) is 4. The van der Waals surface area contributed by atoms with Crippen molar-refractivity contribution in [3.8, 4) is 11.6 Å². The predicted molar refractivity (Wildman–Crippen MR) is 132 cm³/mol. The minimum Gasteiger partial charge on any atom is -0.497 e. The summed E-state index contributed by atoms with van der Waals surface area (Å²) >= 11 is 5.92. The van der Waals surface area contributed by atoms with Crippen molar-refractivity contribution in [2.24, 2.45) is 19.2 Å². The van der Waals surface area contributed by atoms with E-state index < -0.39 is 23.2 Å². The lowest BCUT2D eigenvalue weighted by Gasteiger charge is -2.22. The fourth-order valence-electron chi connectivity index (χ4n) is 3.89. The zero-order valence-electron chi connectivity index (χ0n) is 19.4. The first kappa shape index (κ1) is 24.1. The Morgan fingerprint density at radius 3 is 2.40 bits per heavy atom. The van der Waals surface area contributed by atoms with Crippen molar-refractivity contribution in [1.82, 2.24) is 14.1 Å². The molecule has 1 aliphatic rings. The number of carbonyl (C=O) groups excluding carboxylic acids is 1. The lowest BCUT2D eigenvalue weighted by Crippen LogP contribution is -2.39. The molecule has 2 heterocycles. The molecule has 0 bridgehead atoms. The van der Waals surface area contributed by atoms with Crippen LogP contribution in [-0.4, -0.2) is 44.5 Å². The number of benzene rings is 2. The second-order valence-corrected chi connectivity index (χ2v) is 8.48. The number of ether oxygens (including phenoxy) is 1. The molecule has 0 fully saturated rings. The lowest BCUT2D eigenvalue weighted by molar-refractivity contribution is -0.131. The molecule has 1 atom stereocenters. The van der Waals surface area contributed by atoms with Crippen LogP contribution in [0.1, 0.15) is 23.6 Å². The van der Waals surface area contributed by atoms with E-state index in [-0.39, 0.29) is 30.1 Å². The quantitative estimate of drug-likeness (QED) is 0.539. The summed E-state index contributed by atoms with van der Waals surface area (Å²) in [6.07, 6.45) is 0.167. The van der Waals surface area contributed by atoms with Crippen LogP contribution in [-0.2, 0) is 18.9 Å². The van der Waals surface area contributed by atoms with E-state index in [1.165, 1.54) is 19.1 Å². The molecule has 10 nitrogen and oxygen atoms in total. The average molecular weight is 498 g/mol. The number of methoxy groups -OCH3 is 1. The van der Waals surface area contributed by atoms with Gasteiger partial charge in [0.1, 0.15) is 11.3 Å². The summed E-state index contributed by atoms with van der Waals surface area (Å²) < 4.78 is 7.09. The van der Waals surface area contributed by atoms with Gasteiger partial charge in [-0.25, -0.2) is 9.80 Å². The Morgan fingerprint density at radius 1 is 1.11 bits per heavy atom. The molecule has 4 rings (SSSR count). The van der Waals surface area contributed by atoms with E-state index in [9.17, 15) is 19.5 Å². The van der Waals surface area contributed by atoms with Gasteiger partial charge in [0.25, 0.3) is 11.5 Å². The maximum Gasteiger partial charge on any atom is 0.333 e. The summed E-state index contributed by atoms with van der Waals surface area (Å²) in [7, 11) is 4.24. The minimum atomic E-state index is -0.689. The van der Waals surface area contributed by atoms with Crippen LogP contribution in [0.5, 0.6) is 11.6 Å². The first-order valence-corrected chi connectivity index (χ1v) is 11.1. The van der Waals surface area contributed by atoms with Crippen LogP contribution in [0.4, 0.5) is 5.69 Å². The molecule has 3 aromatic rings. The smallest absolute Gasteiger partial charge is 0.333 e. The Hall–Kier alpha value is -4.05. The first-order chi connectivity index (χ1) is 16.7. The number of aromatic hydroxyl groups is 1. The molecule has 1 aromatic heterocycles. The van der Waals surface area contributed by atoms with E-state index in [4.69, 9.17) is 16.3 Å². The van der Waals surface area contributed by atoms with Crippen molar-refractivity contribution in [3.63, 3.8) is 0 Å². The van der Waals surface area contributed by atoms with E-state index in [1.807, 2.05) is 12.1 Å². The number of aromatic nitrogens is 2. The number of hydrogen-bond acceptors (Lipinski definition) is 7. The third kappa shape index (κ3) is 4.65. The molecule has 0 spiro atoms. The second-order valence-electron chi connectivity index (χ2n) is 8.04. The Kier molecular flexibility index (Phi) is 6.65. The Morgan fingerprint density at radius 2 is 1.77 bits per heavy atom. The molecule has 0 saturated heterocycles. The zero-order chi connectivity index (χ0) is 25.3. The molecule has 35 heavy (non-hydrogen) atoms. The molecule has 0 unspecified atom stereocenters. The van der Waals surface area contributed by atoms with Crippen molar-refractivity contribution in [2.75, 3.05) is 19.0 Å². The van der Waals surface area contributed by atoms with E-state index in [0.717, 1.165) is 14.7 Å². The standard InChI is InChI=1S/C24H24ClN5O5/c1-28-22(32)21(23(33)29(2)24(28)34)18-12-19(14-4-10-17(35-3)11-5-14)30(27-18)20(31)13-26-16-8-6-15(25)7-9-16/h4-11,19,26,32H,12-13H2,1-3H3/t19-/m0/s1. The number of nitrogens with one attached hydrogen (secondary N) is 1. The third-order valence-corrected chi connectivity index (χ3v) is 6.13. The summed E-state index contributed by atoms with van der Waals surface area (Å²) in [4.78, 5) is 38.3. The van der Waals surface area contributed by atoms with Crippen molar-refractivity contribution in [2.45, 2.75) is 12.5 Å². The number of carbonyl (C=O) groups is 1. The maximum absolute atomic E-state index is 13.2. The fourth-order valence-corrected chi connectivity index (χ4v) is 4.02. The molecule has 182 valence electrons. The molecule has 0 saturated carbocycles. The van der Waals surface area contributed by atoms with Crippen LogP contribution in [0, 0.1) is 0 Å². The van der Waals surface area contributed by atoms with E-state index in [1.54, 1.807) is 43.5 Å². The van der Waals surface area contributed by atoms with Gasteiger partial charge in [0.2, 0.25) is 5.88 Å². The van der Waals surface area contributed by atoms with Crippen molar-refractivity contribution < 1.29 is 14.6 Å². The molecule has 0 radical (unpaired) electrons. The Labute approximate surface area is 205 Å². The highest BCUT2D eigenvalue weighted by Gasteiger charge is 2.35.